The Kier molecular flexibility index (Phi) is 4.85. The van der Waals surface area contributed by atoms with E-state index < -0.39 is 10.0 Å². The van der Waals surface area contributed by atoms with Gasteiger partial charge in [0.15, 0.2) is 0 Å². The summed E-state index contributed by atoms with van der Waals surface area (Å²) < 4.78 is 31.1. The molecule has 0 aromatic heterocycles. The number of ether oxygens (including phenoxy) is 1. The zero-order valence-electron chi connectivity index (χ0n) is 11.6. The lowest BCUT2D eigenvalue weighted by atomic mass is 10.1. The van der Waals surface area contributed by atoms with Crippen molar-refractivity contribution >= 4 is 21.4 Å². The lowest BCUT2D eigenvalue weighted by molar-refractivity contribution is 0.185. The van der Waals surface area contributed by atoms with Crippen molar-refractivity contribution in [2.45, 2.75) is 17.7 Å². The molecule has 112 valence electrons. The van der Waals surface area contributed by atoms with Gasteiger partial charge in [-0.1, -0.05) is 0 Å². The maximum Gasteiger partial charge on any atom is 0.240 e. The van der Waals surface area contributed by atoms with Gasteiger partial charge in [-0.2, -0.15) is 0 Å². The predicted octanol–water partition coefficient (Wildman–Crippen LogP) is 1.02. The Labute approximate surface area is 119 Å². The minimum Gasteiger partial charge on any atom is -0.397 e. The van der Waals surface area contributed by atoms with Crippen molar-refractivity contribution < 1.29 is 13.2 Å². The minimum absolute atomic E-state index is 0.209. The first kappa shape index (κ1) is 15.1. The molecule has 1 atom stereocenters. The SMILES string of the molecule is CNS(=O)(=O)c1ccc(N)c(NCCC2CCOC2)c1. The van der Waals surface area contributed by atoms with Gasteiger partial charge >= 0.3 is 0 Å². The largest absolute Gasteiger partial charge is 0.397 e. The van der Waals surface area contributed by atoms with Crippen molar-refractivity contribution in [2.24, 2.45) is 5.92 Å². The molecule has 1 saturated heterocycles. The summed E-state index contributed by atoms with van der Waals surface area (Å²) in [5, 5.41) is 3.20. The highest BCUT2D eigenvalue weighted by molar-refractivity contribution is 7.89. The highest BCUT2D eigenvalue weighted by Crippen LogP contribution is 2.23. The van der Waals surface area contributed by atoms with E-state index >= 15 is 0 Å². The Morgan fingerprint density at radius 2 is 2.25 bits per heavy atom. The Bertz CT molecular complexity index is 554. The third-order valence-electron chi connectivity index (χ3n) is 3.50. The molecule has 1 fully saturated rings. The second-order valence-electron chi connectivity index (χ2n) is 4.90. The van der Waals surface area contributed by atoms with E-state index in [9.17, 15) is 8.42 Å². The number of benzene rings is 1. The Balaban J connectivity index is 2.01. The Morgan fingerprint density at radius 3 is 2.90 bits per heavy atom. The lowest BCUT2D eigenvalue weighted by Crippen LogP contribution is -2.19. The zero-order chi connectivity index (χ0) is 14.6. The molecule has 6 nitrogen and oxygen atoms in total. The van der Waals surface area contributed by atoms with Crippen LogP contribution in [0.25, 0.3) is 0 Å². The molecular weight excluding hydrogens is 278 g/mol. The van der Waals surface area contributed by atoms with Crippen LogP contribution in [-0.4, -0.2) is 35.2 Å². The summed E-state index contributed by atoms with van der Waals surface area (Å²) in [7, 11) is -2.06. The fourth-order valence-corrected chi connectivity index (χ4v) is 2.95. The van der Waals surface area contributed by atoms with Gasteiger partial charge in [0.2, 0.25) is 10.0 Å². The smallest absolute Gasteiger partial charge is 0.240 e. The Hall–Kier alpha value is -1.31. The molecule has 1 aromatic carbocycles. The van der Waals surface area contributed by atoms with Crippen LogP contribution in [0.2, 0.25) is 0 Å². The van der Waals surface area contributed by atoms with E-state index in [0.717, 1.165) is 32.6 Å². The van der Waals surface area contributed by atoms with Crippen LogP contribution < -0.4 is 15.8 Å². The Morgan fingerprint density at radius 1 is 1.45 bits per heavy atom. The van der Waals surface area contributed by atoms with Gasteiger partial charge in [0.05, 0.1) is 16.3 Å². The van der Waals surface area contributed by atoms with E-state index in [-0.39, 0.29) is 4.90 Å². The second kappa shape index (κ2) is 6.43. The molecule has 1 aromatic rings. The lowest BCUT2D eigenvalue weighted by Gasteiger charge is -2.13. The monoisotopic (exact) mass is 299 g/mol. The summed E-state index contributed by atoms with van der Waals surface area (Å²) >= 11 is 0. The third kappa shape index (κ3) is 3.62. The fourth-order valence-electron chi connectivity index (χ4n) is 2.20. The normalized spacial score (nSPS) is 19.1. The summed E-state index contributed by atoms with van der Waals surface area (Å²) in [4.78, 5) is 0.209. The number of hydrogen-bond acceptors (Lipinski definition) is 5. The van der Waals surface area contributed by atoms with Gasteiger partial charge in [-0.05, 0) is 44.0 Å². The van der Waals surface area contributed by atoms with Gasteiger partial charge in [0.25, 0.3) is 0 Å². The van der Waals surface area contributed by atoms with Gasteiger partial charge in [-0.25, -0.2) is 13.1 Å². The fraction of sp³-hybridized carbons (Fsp3) is 0.538. The number of anilines is 2. The van der Waals surface area contributed by atoms with E-state index in [1.165, 1.54) is 13.1 Å². The number of sulfonamides is 1. The van der Waals surface area contributed by atoms with E-state index in [1.54, 1.807) is 12.1 Å². The maximum atomic E-state index is 11.8. The number of nitrogens with one attached hydrogen (secondary N) is 2. The molecule has 0 aliphatic carbocycles. The average molecular weight is 299 g/mol. The van der Waals surface area contributed by atoms with Crippen molar-refractivity contribution in [3.63, 3.8) is 0 Å². The molecule has 0 spiro atoms. The van der Waals surface area contributed by atoms with Gasteiger partial charge in [0, 0.05) is 19.8 Å². The number of rotatable bonds is 6. The first-order valence-corrected chi connectivity index (χ1v) is 8.16. The molecule has 1 aliphatic heterocycles. The topological polar surface area (TPSA) is 93.5 Å². The van der Waals surface area contributed by atoms with E-state index in [0.29, 0.717) is 17.3 Å². The first-order chi connectivity index (χ1) is 9.53. The van der Waals surface area contributed by atoms with Gasteiger partial charge in [-0.3, -0.25) is 0 Å². The van der Waals surface area contributed by atoms with Gasteiger partial charge in [-0.15, -0.1) is 0 Å². The number of hydrogen-bond donors (Lipinski definition) is 3. The van der Waals surface area contributed by atoms with Crippen LogP contribution in [0.1, 0.15) is 12.8 Å². The highest BCUT2D eigenvalue weighted by Gasteiger charge is 2.16. The molecule has 2 rings (SSSR count). The van der Waals surface area contributed by atoms with E-state index in [2.05, 4.69) is 10.0 Å². The van der Waals surface area contributed by atoms with Crippen LogP contribution in [0.3, 0.4) is 0 Å². The number of nitrogen functional groups attached to an aromatic ring is 1. The molecule has 0 radical (unpaired) electrons. The molecule has 0 saturated carbocycles. The molecular formula is C13H21N3O3S. The van der Waals surface area contributed by atoms with Crippen molar-refractivity contribution in [1.29, 1.82) is 0 Å². The minimum atomic E-state index is -3.44. The number of nitrogens with two attached hydrogens (primary N) is 1. The molecule has 1 aliphatic rings. The van der Waals surface area contributed by atoms with Crippen LogP contribution in [-0.2, 0) is 14.8 Å². The first-order valence-electron chi connectivity index (χ1n) is 6.67. The van der Waals surface area contributed by atoms with Crippen LogP contribution in [0, 0.1) is 5.92 Å². The van der Waals surface area contributed by atoms with E-state index in [4.69, 9.17) is 10.5 Å². The summed E-state index contributed by atoms with van der Waals surface area (Å²) in [5.74, 6) is 0.577. The van der Waals surface area contributed by atoms with Crippen molar-refractivity contribution in [2.75, 3.05) is 37.9 Å². The molecule has 1 unspecified atom stereocenters. The molecule has 1 heterocycles. The van der Waals surface area contributed by atoms with Crippen molar-refractivity contribution in [3.05, 3.63) is 18.2 Å². The summed E-state index contributed by atoms with van der Waals surface area (Å²) in [6, 6.07) is 4.66. The zero-order valence-corrected chi connectivity index (χ0v) is 12.4. The molecule has 7 heteroatoms. The third-order valence-corrected chi connectivity index (χ3v) is 4.91. The van der Waals surface area contributed by atoms with Crippen LogP contribution >= 0.6 is 0 Å². The average Bonchev–Trinajstić information content (AvgIpc) is 2.94. The summed E-state index contributed by atoms with van der Waals surface area (Å²) in [6.07, 6.45) is 2.08. The maximum absolute atomic E-state index is 11.8. The van der Waals surface area contributed by atoms with Crippen molar-refractivity contribution in [3.8, 4) is 0 Å². The van der Waals surface area contributed by atoms with Crippen LogP contribution in [0.15, 0.2) is 23.1 Å². The summed E-state index contributed by atoms with van der Waals surface area (Å²) in [6.45, 7) is 2.40. The quantitative estimate of drug-likeness (QED) is 0.682. The summed E-state index contributed by atoms with van der Waals surface area (Å²) in [5.41, 5.74) is 7.06. The molecule has 20 heavy (non-hydrogen) atoms. The predicted molar refractivity (Wildman–Crippen MR) is 79.1 cm³/mol. The molecule has 0 amide bonds. The van der Waals surface area contributed by atoms with Crippen LogP contribution in [0.4, 0.5) is 11.4 Å². The second-order valence-corrected chi connectivity index (χ2v) is 6.79. The van der Waals surface area contributed by atoms with E-state index in [1.807, 2.05) is 0 Å². The highest BCUT2D eigenvalue weighted by atomic mass is 32.2. The van der Waals surface area contributed by atoms with Crippen LogP contribution in [0.5, 0.6) is 0 Å². The van der Waals surface area contributed by atoms with Gasteiger partial charge < -0.3 is 15.8 Å². The standard InChI is InChI=1S/C13H21N3O3S/c1-15-20(17,18)11-2-3-12(14)13(8-11)16-6-4-10-5-7-19-9-10/h2-3,8,10,15-16H,4-7,9,14H2,1H3. The molecule has 4 N–H and O–H groups in total. The van der Waals surface area contributed by atoms with Gasteiger partial charge in [0.1, 0.15) is 0 Å². The van der Waals surface area contributed by atoms with Crippen molar-refractivity contribution in [1.82, 2.24) is 4.72 Å². The molecule has 0 bridgehead atoms.